The van der Waals surface area contributed by atoms with Gasteiger partial charge in [-0.25, -0.2) is 9.97 Å². The predicted molar refractivity (Wildman–Crippen MR) is 122 cm³/mol. The van der Waals surface area contributed by atoms with Crippen LogP contribution >= 0.6 is 12.4 Å². The van der Waals surface area contributed by atoms with E-state index in [0.717, 1.165) is 49.8 Å². The lowest BCUT2D eigenvalue weighted by Gasteiger charge is -2.36. The van der Waals surface area contributed by atoms with Crippen LogP contribution in [0.3, 0.4) is 0 Å². The molecule has 2 saturated heterocycles. The number of hydrogen-bond acceptors (Lipinski definition) is 5. The SMILES string of the molecule is C=C(C)Cn1nc(C)c(CN2C3CCC2c2cnc(N4CCCC4)nc2C3)c1C.Cl. The zero-order valence-corrected chi connectivity index (χ0v) is 19.2. The lowest BCUT2D eigenvalue weighted by atomic mass is 9.98. The molecule has 0 spiro atoms. The molecule has 3 aliphatic rings. The Bertz CT molecular complexity index is 945. The molecule has 30 heavy (non-hydrogen) atoms. The maximum atomic E-state index is 5.01. The fraction of sp³-hybridized carbons (Fsp3) is 0.609. The average molecular weight is 429 g/mol. The second-order valence-electron chi connectivity index (χ2n) is 9.15. The van der Waals surface area contributed by atoms with Crippen LogP contribution in [0.4, 0.5) is 5.95 Å². The molecule has 0 aromatic carbocycles. The van der Waals surface area contributed by atoms with E-state index in [1.165, 1.54) is 48.2 Å². The second kappa shape index (κ2) is 8.31. The summed E-state index contributed by atoms with van der Waals surface area (Å²) in [5, 5.41) is 4.79. The molecule has 162 valence electrons. The van der Waals surface area contributed by atoms with Crippen LogP contribution in [-0.2, 0) is 19.5 Å². The summed E-state index contributed by atoms with van der Waals surface area (Å²) in [6.07, 6.45) is 8.15. The van der Waals surface area contributed by atoms with Gasteiger partial charge in [-0.3, -0.25) is 9.58 Å². The first-order chi connectivity index (χ1) is 14.0. The van der Waals surface area contributed by atoms with Gasteiger partial charge in [-0.2, -0.15) is 5.10 Å². The quantitative estimate of drug-likeness (QED) is 0.669. The molecular weight excluding hydrogens is 396 g/mol. The molecule has 7 heteroatoms. The van der Waals surface area contributed by atoms with Gasteiger partial charge in [-0.1, -0.05) is 12.2 Å². The summed E-state index contributed by atoms with van der Waals surface area (Å²) in [5.74, 6) is 0.946. The Morgan fingerprint density at radius 2 is 1.97 bits per heavy atom. The van der Waals surface area contributed by atoms with E-state index in [1.807, 2.05) is 0 Å². The maximum absolute atomic E-state index is 5.01. The van der Waals surface area contributed by atoms with Gasteiger partial charge >= 0.3 is 0 Å². The number of aromatic nitrogens is 4. The molecule has 2 fully saturated rings. The van der Waals surface area contributed by atoms with Crippen LogP contribution < -0.4 is 4.90 Å². The Balaban J connectivity index is 0.00000218. The third-order valence-electron chi connectivity index (χ3n) is 7.00. The summed E-state index contributed by atoms with van der Waals surface area (Å²) < 4.78 is 2.11. The highest BCUT2D eigenvalue weighted by molar-refractivity contribution is 5.85. The van der Waals surface area contributed by atoms with Crippen molar-refractivity contribution >= 4 is 18.4 Å². The lowest BCUT2D eigenvalue weighted by molar-refractivity contribution is 0.165. The molecule has 5 rings (SSSR count). The Morgan fingerprint density at radius 1 is 1.20 bits per heavy atom. The van der Waals surface area contributed by atoms with Crippen molar-refractivity contribution in [2.45, 2.75) is 78.0 Å². The minimum absolute atomic E-state index is 0. The van der Waals surface area contributed by atoms with Crippen molar-refractivity contribution in [1.82, 2.24) is 24.6 Å². The summed E-state index contributed by atoms with van der Waals surface area (Å²) >= 11 is 0. The summed E-state index contributed by atoms with van der Waals surface area (Å²) in [7, 11) is 0. The van der Waals surface area contributed by atoms with Gasteiger partial charge < -0.3 is 4.90 Å². The fourth-order valence-corrected chi connectivity index (χ4v) is 5.43. The lowest BCUT2D eigenvalue weighted by Crippen LogP contribution is -2.38. The number of halogens is 1. The molecule has 2 atom stereocenters. The summed E-state index contributed by atoms with van der Waals surface area (Å²) in [6.45, 7) is 14.4. The van der Waals surface area contributed by atoms with Crippen LogP contribution in [-0.4, -0.2) is 43.8 Å². The molecule has 2 aromatic rings. The molecule has 0 N–H and O–H groups in total. The van der Waals surface area contributed by atoms with Crippen molar-refractivity contribution in [3.05, 3.63) is 46.6 Å². The zero-order chi connectivity index (χ0) is 20.1. The number of fused-ring (bicyclic) bond motifs is 4. The van der Waals surface area contributed by atoms with Crippen LogP contribution in [0, 0.1) is 13.8 Å². The highest BCUT2D eigenvalue weighted by Gasteiger charge is 2.41. The molecule has 2 unspecified atom stereocenters. The number of nitrogens with zero attached hydrogens (tertiary/aromatic N) is 6. The van der Waals surface area contributed by atoms with E-state index in [9.17, 15) is 0 Å². The third-order valence-corrected chi connectivity index (χ3v) is 7.00. The Labute approximate surface area is 185 Å². The van der Waals surface area contributed by atoms with Gasteiger partial charge in [0.15, 0.2) is 0 Å². The summed E-state index contributed by atoms with van der Waals surface area (Å²) in [4.78, 5) is 14.8. The van der Waals surface area contributed by atoms with Crippen LogP contribution in [0.1, 0.15) is 66.9 Å². The van der Waals surface area contributed by atoms with Gasteiger partial charge in [0.1, 0.15) is 0 Å². The van der Waals surface area contributed by atoms with Crippen molar-refractivity contribution in [3.63, 3.8) is 0 Å². The fourth-order valence-electron chi connectivity index (χ4n) is 5.43. The molecule has 0 saturated carbocycles. The number of allylic oxidation sites excluding steroid dienone is 1. The number of hydrogen-bond donors (Lipinski definition) is 0. The van der Waals surface area contributed by atoms with Gasteiger partial charge in [-0.15, -0.1) is 12.4 Å². The van der Waals surface area contributed by atoms with E-state index in [4.69, 9.17) is 15.1 Å². The first-order valence-corrected chi connectivity index (χ1v) is 11.0. The first kappa shape index (κ1) is 21.3. The van der Waals surface area contributed by atoms with Gasteiger partial charge in [0, 0.05) is 61.2 Å². The maximum Gasteiger partial charge on any atom is 0.225 e. The highest BCUT2D eigenvalue weighted by Crippen LogP contribution is 2.44. The molecule has 5 heterocycles. The van der Waals surface area contributed by atoms with Crippen LogP contribution in [0.5, 0.6) is 0 Å². The van der Waals surface area contributed by atoms with Crippen molar-refractivity contribution in [2.24, 2.45) is 0 Å². The largest absolute Gasteiger partial charge is 0.341 e. The standard InChI is InChI=1S/C23H32N6.ClH/c1-15(2)13-29-17(4)20(16(3)26-29)14-28-18-7-8-22(28)19-12-24-23(25-21(19)11-18)27-9-5-6-10-27;/h12,18,22H,1,5-11,13-14H2,2-4H3;1H. The minimum Gasteiger partial charge on any atom is -0.341 e. The van der Waals surface area contributed by atoms with Crippen molar-refractivity contribution in [3.8, 4) is 0 Å². The molecule has 0 aliphatic carbocycles. The molecule has 6 nitrogen and oxygen atoms in total. The van der Waals surface area contributed by atoms with Crippen LogP contribution in [0.2, 0.25) is 0 Å². The van der Waals surface area contributed by atoms with E-state index in [2.05, 4.69) is 48.0 Å². The molecule has 0 amide bonds. The molecule has 0 radical (unpaired) electrons. The number of anilines is 1. The van der Waals surface area contributed by atoms with Crippen LogP contribution in [0.25, 0.3) is 0 Å². The third kappa shape index (κ3) is 3.65. The molecule has 3 aliphatic heterocycles. The predicted octanol–water partition coefficient (Wildman–Crippen LogP) is 4.15. The van der Waals surface area contributed by atoms with Gasteiger partial charge in [-0.05, 0) is 46.5 Å². The Morgan fingerprint density at radius 3 is 2.70 bits per heavy atom. The van der Waals surface area contributed by atoms with E-state index in [-0.39, 0.29) is 12.4 Å². The average Bonchev–Trinajstić information content (AvgIpc) is 3.37. The molecule has 2 aromatic heterocycles. The van der Waals surface area contributed by atoms with Gasteiger partial charge in [0.25, 0.3) is 0 Å². The van der Waals surface area contributed by atoms with Crippen molar-refractivity contribution in [2.75, 3.05) is 18.0 Å². The van der Waals surface area contributed by atoms with Gasteiger partial charge in [0.05, 0.1) is 17.9 Å². The monoisotopic (exact) mass is 428 g/mol. The smallest absolute Gasteiger partial charge is 0.225 e. The molecule has 2 bridgehead atoms. The van der Waals surface area contributed by atoms with Crippen molar-refractivity contribution < 1.29 is 0 Å². The Hall–Kier alpha value is -1.92. The topological polar surface area (TPSA) is 50.1 Å². The van der Waals surface area contributed by atoms with Crippen molar-refractivity contribution in [1.29, 1.82) is 0 Å². The zero-order valence-electron chi connectivity index (χ0n) is 18.4. The van der Waals surface area contributed by atoms with E-state index >= 15 is 0 Å². The van der Waals surface area contributed by atoms with Gasteiger partial charge in [0.2, 0.25) is 5.95 Å². The second-order valence-corrected chi connectivity index (χ2v) is 9.15. The first-order valence-electron chi connectivity index (χ1n) is 11.0. The number of aryl methyl sites for hydroxylation is 1. The van der Waals surface area contributed by atoms with E-state index in [0.29, 0.717) is 12.1 Å². The van der Waals surface area contributed by atoms with E-state index < -0.39 is 0 Å². The van der Waals surface area contributed by atoms with E-state index in [1.54, 1.807) is 0 Å². The Kier molecular flexibility index (Phi) is 5.90. The minimum atomic E-state index is 0. The highest BCUT2D eigenvalue weighted by atomic mass is 35.5. The van der Waals surface area contributed by atoms with Crippen LogP contribution in [0.15, 0.2) is 18.3 Å². The summed E-state index contributed by atoms with van der Waals surface area (Å²) in [6, 6.07) is 1.02. The normalized spacial score (nSPS) is 22.8. The summed E-state index contributed by atoms with van der Waals surface area (Å²) in [5.41, 5.74) is 7.58. The molecular formula is C23H33ClN6. The number of rotatable bonds is 5.